The number of rotatable bonds is 3. The van der Waals surface area contributed by atoms with Crippen LogP contribution in [0, 0.1) is 23.7 Å². The summed E-state index contributed by atoms with van der Waals surface area (Å²) in [6, 6.07) is 0. The molecule has 0 atom stereocenters. The lowest BCUT2D eigenvalue weighted by Gasteiger charge is -2.55. The molecule has 5 rings (SSSR count). The molecule has 4 aliphatic rings. The first kappa shape index (κ1) is 12.7. The summed E-state index contributed by atoms with van der Waals surface area (Å²) in [7, 11) is 0. The van der Waals surface area contributed by atoms with E-state index in [2.05, 4.69) is 19.0 Å². The van der Waals surface area contributed by atoms with Gasteiger partial charge in [-0.1, -0.05) is 19.0 Å². The van der Waals surface area contributed by atoms with Gasteiger partial charge in [-0.3, -0.25) is 0 Å². The molecule has 0 aromatic carbocycles. The molecule has 4 aliphatic carbocycles. The van der Waals surface area contributed by atoms with Crippen LogP contribution in [-0.2, 0) is 11.8 Å². The zero-order chi connectivity index (χ0) is 13.9. The first-order chi connectivity index (χ1) is 9.56. The highest BCUT2D eigenvalue weighted by atomic mass is 16.5. The smallest absolute Gasteiger partial charge is 0.170 e. The summed E-state index contributed by atoms with van der Waals surface area (Å²) in [5, 5.41) is 4.13. The van der Waals surface area contributed by atoms with Gasteiger partial charge in [0.15, 0.2) is 5.82 Å². The number of aromatic nitrogens is 1. The fraction of sp³-hybridized carbons (Fsp3) is 0.824. The van der Waals surface area contributed by atoms with Crippen molar-refractivity contribution >= 4 is 5.82 Å². The molecule has 4 fully saturated rings. The molecule has 0 aliphatic heterocycles. The number of hydrogen-bond acceptors (Lipinski definition) is 3. The minimum Gasteiger partial charge on any atom is -0.381 e. The highest BCUT2D eigenvalue weighted by molar-refractivity contribution is 5.44. The maximum Gasteiger partial charge on any atom is 0.170 e. The Morgan fingerprint density at radius 1 is 1.15 bits per heavy atom. The number of nitrogen functional groups attached to an aromatic ring is 1. The van der Waals surface area contributed by atoms with Crippen molar-refractivity contribution in [3.05, 3.63) is 11.3 Å². The maximum absolute atomic E-state index is 6.10. The van der Waals surface area contributed by atoms with Gasteiger partial charge < -0.3 is 10.3 Å². The van der Waals surface area contributed by atoms with E-state index in [0.29, 0.717) is 11.7 Å². The van der Waals surface area contributed by atoms with Gasteiger partial charge in [-0.15, -0.1) is 0 Å². The van der Waals surface area contributed by atoms with Crippen molar-refractivity contribution in [3.63, 3.8) is 0 Å². The molecule has 0 unspecified atom stereocenters. The molecule has 1 aromatic rings. The number of hydrogen-bond donors (Lipinski definition) is 1. The fourth-order valence-corrected chi connectivity index (χ4v) is 5.73. The van der Waals surface area contributed by atoms with Crippen LogP contribution in [0.15, 0.2) is 4.52 Å². The molecule has 1 aromatic heterocycles. The van der Waals surface area contributed by atoms with Gasteiger partial charge in [0.05, 0.1) is 0 Å². The number of nitrogens with zero attached hydrogens (tertiary/aromatic N) is 1. The van der Waals surface area contributed by atoms with Crippen LogP contribution in [0.2, 0.25) is 0 Å². The largest absolute Gasteiger partial charge is 0.381 e. The van der Waals surface area contributed by atoms with Crippen molar-refractivity contribution in [2.75, 3.05) is 5.73 Å². The Kier molecular flexibility index (Phi) is 2.71. The average molecular weight is 274 g/mol. The molecule has 20 heavy (non-hydrogen) atoms. The molecule has 3 nitrogen and oxygen atoms in total. The summed E-state index contributed by atoms with van der Waals surface area (Å²) in [5.74, 6) is 5.20. The van der Waals surface area contributed by atoms with Crippen molar-refractivity contribution in [2.24, 2.45) is 23.7 Å². The number of nitrogens with two attached hydrogens (primary N) is 1. The van der Waals surface area contributed by atoms with Gasteiger partial charge in [0, 0.05) is 11.0 Å². The van der Waals surface area contributed by atoms with Crippen LogP contribution >= 0.6 is 0 Å². The molecule has 1 heterocycles. The van der Waals surface area contributed by atoms with E-state index in [4.69, 9.17) is 10.3 Å². The average Bonchev–Trinajstić information content (AvgIpc) is 2.69. The van der Waals surface area contributed by atoms with Crippen LogP contribution in [0.5, 0.6) is 0 Å². The van der Waals surface area contributed by atoms with Crippen LogP contribution in [0.25, 0.3) is 0 Å². The van der Waals surface area contributed by atoms with E-state index < -0.39 is 0 Å². The van der Waals surface area contributed by atoms with E-state index in [-0.39, 0.29) is 5.41 Å². The van der Waals surface area contributed by atoms with Gasteiger partial charge in [-0.2, -0.15) is 0 Å². The monoisotopic (exact) mass is 274 g/mol. The summed E-state index contributed by atoms with van der Waals surface area (Å²) in [6.07, 6.45) is 9.34. The van der Waals surface area contributed by atoms with Gasteiger partial charge in [0.2, 0.25) is 0 Å². The third kappa shape index (κ3) is 1.82. The quantitative estimate of drug-likeness (QED) is 0.908. The summed E-state index contributed by atoms with van der Waals surface area (Å²) in [4.78, 5) is 0. The van der Waals surface area contributed by atoms with Crippen LogP contribution in [0.4, 0.5) is 5.82 Å². The minimum absolute atomic E-state index is 0.281. The lowest BCUT2D eigenvalue weighted by Crippen LogP contribution is -2.48. The van der Waals surface area contributed by atoms with Gasteiger partial charge >= 0.3 is 0 Å². The molecule has 2 N–H and O–H groups in total. The summed E-state index contributed by atoms with van der Waals surface area (Å²) < 4.78 is 5.81. The summed E-state index contributed by atoms with van der Waals surface area (Å²) >= 11 is 0. The predicted octanol–water partition coefficient (Wildman–Crippen LogP) is 3.92. The van der Waals surface area contributed by atoms with Crippen molar-refractivity contribution in [3.8, 4) is 0 Å². The van der Waals surface area contributed by atoms with Crippen molar-refractivity contribution in [2.45, 2.75) is 64.2 Å². The Bertz CT molecular complexity index is 482. The Morgan fingerprint density at radius 3 is 2.20 bits per heavy atom. The normalized spacial score (nSPS) is 38.9. The van der Waals surface area contributed by atoms with Crippen molar-refractivity contribution in [1.29, 1.82) is 0 Å². The molecule has 110 valence electrons. The molecule has 4 saturated carbocycles. The van der Waals surface area contributed by atoms with E-state index >= 15 is 0 Å². The summed E-state index contributed by atoms with van der Waals surface area (Å²) in [5.41, 5.74) is 7.61. The number of anilines is 1. The maximum atomic E-state index is 6.10. The topological polar surface area (TPSA) is 52.0 Å². The van der Waals surface area contributed by atoms with E-state index in [1.807, 2.05) is 0 Å². The van der Waals surface area contributed by atoms with Crippen LogP contribution < -0.4 is 5.73 Å². The molecule has 4 bridgehead atoms. The standard InChI is InChI=1S/C17H26N2O/c1-10(2)3-14-15(20-19-16(14)18)17-7-11-4-12(8-17)6-13(5-11)9-17/h10-13H,3-9H2,1-2H3,(H2,18,19). The lowest BCUT2D eigenvalue weighted by atomic mass is 9.48. The second kappa shape index (κ2) is 4.25. The highest BCUT2D eigenvalue weighted by Crippen LogP contribution is 2.61. The second-order valence-electron chi connectivity index (χ2n) is 8.17. The summed E-state index contributed by atoms with van der Waals surface area (Å²) in [6.45, 7) is 4.49. The van der Waals surface area contributed by atoms with E-state index in [9.17, 15) is 0 Å². The van der Waals surface area contributed by atoms with Crippen molar-refractivity contribution in [1.82, 2.24) is 5.16 Å². The molecule has 0 amide bonds. The zero-order valence-corrected chi connectivity index (χ0v) is 12.7. The first-order valence-corrected chi connectivity index (χ1v) is 8.30. The van der Waals surface area contributed by atoms with Gasteiger partial charge in [0.25, 0.3) is 0 Å². The Hall–Kier alpha value is -0.990. The van der Waals surface area contributed by atoms with Crippen molar-refractivity contribution < 1.29 is 4.52 Å². The molecular weight excluding hydrogens is 248 g/mol. The first-order valence-electron chi connectivity index (χ1n) is 8.30. The third-order valence-corrected chi connectivity index (χ3v) is 5.95. The molecule has 0 saturated heterocycles. The Labute approximate surface area is 121 Å². The van der Waals surface area contributed by atoms with Crippen LogP contribution in [0.1, 0.15) is 63.7 Å². The predicted molar refractivity (Wildman–Crippen MR) is 79.3 cm³/mol. The third-order valence-electron chi connectivity index (χ3n) is 5.95. The Balaban J connectivity index is 1.74. The molecule has 0 radical (unpaired) electrons. The highest BCUT2D eigenvalue weighted by Gasteiger charge is 2.54. The van der Waals surface area contributed by atoms with Crippen LogP contribution in [-0.4, -0.2) is 5.16 Å². The fourth-order valence-electron chi connectivity index (χ4n) is 5.73. The zero-order valence-electron chi connectivity index (χ0n) is 12.7. The van der Waals surface area contributed by atoms with Gasteiger partial charge in [0.1, 0.15) is 5.76 Å². The van der Waals surface area contributed by atoms with E-state index in [0.717, 1.165) is 24.2 Å². The van der Waals surface area contributed by atoms with Gasteiger partial charge in [-0.25, -0.2) is 0 Å². The molecule has 0 spiro atoms. The second-order valence-corrected chi connectivity index (χ2v) is 8.17. The lowest BCUT2D eigenvalue weighted by molar-refractivity contribution is -0.0181. The van der Waals surface area contributed by atoms with E-state index in [1.165, 1.54) is 49.8 Å². The van der Waals surface area contributed by atoms with E-state index in [1.54, 1.807) is 0 Å². The van der Waals surface area contributed by atoms with Crippen LogP contribution in [0.3, 0.4) is 0 Å². The SMILES string of the molecule is CC(C)Cc1c(N)noc1C12CC3CC(CC(C3)C1)C2. The Morgan fingerprint density at radius 2 is 1.70 bits per heavy atom. The molecular formula is C17H26N2O. The minimum atomic E-state index is 0.281. The van der Waals surface area contributed by atoms with Gasteiger partial charge in [-0.05, 0) is 68.6 Å². The molecule has 3 heteroatoms.